The highest BCUT2D eigenvalue weighted by atomic mass is 19.1. The molecule has 1 aromatic carbocycles. The van der Waals surface area contributed by atoms with E-state index in [1.54, 1.807) is 4.90 Å². The minimum Gasteiger partial charge on any atom is -0.356 e. The Kier molecular flexibility index (Phi) is 5.46. The van der Waals surface area contributed by atoms with Gasteiger partial charge in [-0.25, -0.2) is 13.8 Å². The van der Waals surface area contributed by atoms with E-state index in [-0.39, 0.29) is 5.56 Å². The quantitative estimate of drug-likeness (QED) is 0.750. The number of hydrogen-bond donors (Lipinski definition) is 0. The standard InChI is InChI=1S/C23H27F2N5O/c24-16-6-7-17(19(25)14-16)22(31)30-13-8-20-18(15-30)21(28-9-2-1-3-10-28)27-23(26-20)29-11-4-5-12-29/h6-7,14H,1-5,8-13,15H2. The normalized spacial score (nSPS) is 19.0. The zero-order chi connectivity index (χ0) is 21.4. The molecule has 0 unspecified atom stereocenters. The Morgan fingerprint density at radius 1 is 0.871 bits per heavy atom. The SMILES string of the molecule is O=C(c1ccc(F)cc1F)N1CCc2nc(N3CCCC3)nc(N3CCCCC3)c2C1. The van der Waals surface area contributed by atoms with Gasteiger partial charge in [-0.3, -0.25) is 4.79 Å². The Morgan fingerprint density at radius 2 is 1.58 bits per heavy atom. The zero-order valence-corrected chi connectivity index (χ0v) is 17.6. The number of benzene rings is 1. The molecule has 2 fully saturated rings. The lowest BCUT2D eigenvalue weighted by Gasteiger charge is -2.35. The smallest absolute Gasteiger partial charge is 0.257 e. The summed E-state index contributed by atoms with van der Waals surface area (Å²) in [6, 6.07) is 3.11. The Morgan fingerprint density at radius 3 is 2.32 bits per heavy atom. The number of hydrogen-bond acceptors (Lipinski definition) is 5. The number of piperidine rings is 1. The van der Waals surface area contributed by atoms with Crippen molar-refractivity contribution in [3.63, 3.8) is 0 Å². The molecule has 31 heavy (non-hydrogen) atoms. The summed E-state index contributed by atoms with van der Waals surface area (Å²) < 4.78 is 27.5. The van der Waals surface area contributed by atoms with E-state index in [1.165, 1.54) is 12.5 Å². The van der Waals surface area contributed by atoms with E-state index in [2.05, 4.69) is 9.80 Å². The summed E-state index contributed by atoms with van der Waals surface area (Å²) in [5, 5.41) is 0. The van der Waals surface area contributed by atoms with Crippen LogP contribution in [0.5, 0.6) is 0 Å². The van der Waals surface area contributed by atoms with Gasteiger partial charge in [0.25, 0.3) is 5.91 Å². The molecule has 0 N–H and O–H groups in total. The van der Waals surface area contributed by atoms with Crippen molar-refractivity contribution in [2.45, 2.75) is 45.1 Å². The summed E-state index contributed by atoms with van der Waals surface area (Å²) in [6.07, 6.45) is 6.39. The molecule has 8 heteroatoms. The van der Waals surface area contributed by atoms with Gasteiger partial charge in [-0.05, 0) is 44.2 Å². The van der Waals surface area contributed by atoms with Gasteiger partial charge in [0.05, 0.1) is 17.8 Å². The third-order valence-corrected chi connectivity index (χ3v) is 6.52. The molecule has 0 aliphatic carbocycles. The molecule has 1 amide bonds. The van der Waals surface area contributed by atoms with Gasteiger partial charge in [0.1, 0.15) is 17.5 Å². The Hall–Kier alpha value is -2.77. The highest BCUT2D eigenvalue weighted by Crippen LogP contribution is 2.32. The molecular weight excluding hydrogens is 400 g/mol. The van der Waals surface area contributed by atoms with Crippen LogP contribution in [0.2, 0.25) is 0 Å². The maximum Gasteiger partial charge on any atom is 0.257 e. The molecule has 4 heterocycles. The molecule has 5 rings (SSSR count). The van der Waals surface area contributed by atoms with Gasteiger partial charge in [-0.2, -0.15) is 4.98 Å². The first kappa shape index (κ1) is 20.2. The average Bonchev–Trinajstić information content (AvgIpc) is 3.33. The molecule has 0 radical (unpaired) electrons. The minimum atomic E-state index is -0.826. The van der Waals surface area contributed by atoms with Gasteiger partial charge in [0, 0.05) is 50.8 Å². The number of rotatable bonds is 3. The van der Waals surface area contributed by atoms with Crippen molar-refractivity contribution in [2.24, 2.45) is 0 Å². The lowest BCUT2D eigenvalue weighted by Crippen LogP contribution is -2.40. The van der Waals surface area contributed by atoms with Crippen LogP contribution in [0.25, 0.3) is 0 Å². The summed E-state index contributed by atoms with van der Waals surface area (Å²) in [4.78, 5) is 29.0. The van der Waals surface area contributed by atoms with Gasteiger partial charge in [-0.15, -0.1) is 0 Å². The van der Waals surface area contributed by atoms with Gasteiger partial charge >= 0.3 is 0 Å². The van der Waals surface area contributed by atoms with Crippen LogP contribution < -0.4 is 9.80 Å². The monoisotopic (exact) mass is 427 g/mol. The van der Waals surface area contributed by atoms with Crippen LogP contribution in [0.3, 0.4) is 0 Å². The Labute approximate surface area is 180 Å². The fourth-order valence-electron chi connectivity index (χ4n) is 4.82. The molecule has 0 bridgehead atoms. The van der Waals surface area contributed by atoms with Gasteiger partial charge in [0.15, 0.2) is 0 Å². The van der Waals surface area contributed by atoms with Crippen LogP contribution in [0, 0.1) is 11.6 Å². The molecule has 3 aliphatic heterocycles. The van der Waals surface area contributed by atoms with E-state index in [0.29, 0.717) is 19.5 Å². The van der Waals surface area contributed by atoms with E-state index < -0.39 is 17.5 Å². The van der Waals surface area contributed by atoms with E-state index in [0.717, 1.165) is 87.0 Å². The molecule has 0 saturated carbocycles. The van der Waals surface area contributed by atoms with Crippen molar-refractivity contribution in [2.75, 3.05) is 42.5 Å². The zero-order valence-electron chi connectivity index (χ0n) is 17.6. The maximum atomic E-state index is 14.2. The summed E-state index contributed by atoms with van der Waals surface area (Å²) >= 11 is 0. The molecule has 2 saturated heterocycles. The number of anilines is 2. The van der Waals surface area contributed by atoms with Crippen molar-refractivity contribution >= 4 is 17.7 Å². The summed E-state index contributed by atoms with van der Waals surface area (Å²) in [6.45, 7) is 4.65. The fourth-order valence-corrected chi connectivity index (χ4v) is 4.82. The summed E-state index contributed by atoms with van der Waals surface area (Å²) in [7, 11) is 0. The third-order valence-electron chi connectivity index (χ3n) is 6.52. The molecule has 2 aromatic rings. The maximum absolute atomic E-state index is 14.2. The molecule has 0 atom stereocenters. The molecule has 3 aliphatic rings. The fraction of sp³-hybridized carbons (Fsp3) is 0.522. The largest absolute Gasteiger partial charge is 0.356 e. The number of fused-ring (bicyclic) bond motifs is 1. The first-order valence-corrected chi connectivity index (χ1v) is 11.2. The molecule has 6 nitrogen and oxygen atoms in total. The van der Waals surface area contributed by atoms with Crippen molar-refractivity contribution in [1.29, 1.82) is 0 Å². The van der Waals surface area contributed by atoms with Crippen LogP contribution >= 0.6 is 0 Å². The number of carbonyl (C=O) groups is 1. The lowest BCUT2D eigenvalue weighted by molar-refractivity contribution is 0.0728. The van der Waals surface area contributed by atoms with Crippen molar-refractivity contribution in [3.8, 4) is 0 Å². The van der Waals surface area contributed by atoms with E-state index in [1.807, 2.05) is 0 Å². The summed E-state index contributed by atoms with van der Waals surface area (Å²) in [5.74, 6) is -0.220. The minimum absolute atomic E-state index is 0.0982. The lowest BCUT2D eigenvalue weighted by atomic mass is 10.0. The van der Waals surface area contributed by atoms with Crippen molar-refractivity contribution in [1.82, 2.24) is 14.9 Å². The van der Waals surface area contributed by atoms with Crippen LogP contribution in [-0.2, 0) is 13.0 Å². The predicted molar refractivity (Wildman–Crippen MR) is 114 cm³/mol. The number of aromatic nitrogens is 2. The molecular formula is C23H27F2N5O. The van der Waals surface area contributed by atoms with Crippen LogP contribution in [0.4, 0.5) is 20.5 Å². The number of halogens is 2. The third kappa shape index (κ3) is 3.95. The second kappa shape index (κ2) is 8.40. The first-order valence-electron chi connectivity index (χ1n) is 11.2. The van der Waals surface area contributed by atoms with E-state index >= 15 is 0 Å². The number of amides is 1. The highest BCUT2D eigenvalue weighted by Gasteiger charge is 2.30. The molecule has 1 aromatic heterocycles. The number of carbonyl (C=O) groups excluding carboxylic acids is 1. The Bertz CT molecular complexity index is 986. The highest BCUT2D eigenvalue weighted by molar-refractivity contribution is 5.94. The van der Waals surface area contributed by atoms with Crippen molar-refractivity contribution in [3.05, 3.63) is 46.7 Å². The van der Waals surface area contributed by atoms with E-state index in [4.69, 9.17) is 9.97 Å². The van der Waals surface area contributed by atoms with Crippen molar-refractivity contribution < 1.29 is 13.6 Å². The first-order chi connectivity index (χ1) is 15.1. The predicted octanol–water partition coefficient (Wildman–Crippen LogP) is 3.54. The molecule has 0 spiro atoms. The topological polar surface area (TPSA) is 52.6 Å². The number of nitrogens with zero attached hydrogens (tertiary/aromatic N) is 5. The van der Waals surface area contributed by atoms with Crippen LogP contribution in [-0.4, -0.2) is 53.5 Å². The summed E-state index contributed by atoms with van der Waals surface area (Å²) in [5.41, 5.74) is 1.85. The second-order valence-corrected chi connectivity index (χ2v) is 8.62. The van der Waals surface area contributed by atoms with Gasteiger partial charge in [-0.1, -0.05) is 0 Å². The molecule has 164 valence electrons. The Balaban J connectivity index is 1.48. The van der Waals surface area contributed by atoms with E-state index in [9.17, 15) is 13.6 Å². The van der Waals surface area contributed by atoms with Crippen LogP contribution in [0.1, 0.15) is 53.7 Å². The van der Waals surface area contributed by atoms with Crippen LogP contribution in [0.15, 0.2) is 18.2 Å². The van der Waals surface area contributed by atoms with Gasteiger partial charge < -0.3 is 14.7 Å². The average molecular weight is 427 g/mol. The second-order valence-electron chi connectivity index (χ2n) is 8.62. The van der Waals surface area contributed by atoms with Gasteiger partial charge in [0.2, 0.25) is 5.95 Å².